The van der Waals surface area contributed by atoms with Crippen LogP contribution in [0.1, 0.15) is 42.0 Å². The number of nitrogens with one attached hydrogen (secondary N) is 4. The number of nitrogens with zero attached hydrogens (tertiary/aromatic N) is 1. The van der Waals surface area contributed by atoms with E-state index in [0.717, 1.165) is 10.5 Å². The van der Waals surface area contributed by atoms with Crippen molar-refractivity contribution in [2.45, 2.75) is 63.4 Å². The number of carboxylic acid groups (broad SMARTS) is 1. The molecule has 1 aliphatic rings. The number of carbonyl (C=O) groups is 4. The SMILES string of the molecule is Cc1ccc(C(O)C(NC(=O)CCCNC(=O)C(CC2=CCN(C(=N)N)C2)NC(=O)C(N)C(C)O)C(=O)O)s1. The van der Waals surface area contributed by atoms with Gasteiger partial charge in [0.15, 0.2) is 12.0 Å². The normalized spacial score (nSPS) is 16.8. The molecule has 1 aliphatic heterocycles. The Morgan fingerprint density at radius 1 is 1.18 bits per heavy atom. The van der Waals surface area contributed by atoms with E-state index in [4.69, 9.17) is 16.9 Å². The summed E-state index contributed by atoms with van der Waals surface area (Å²) in [6.45, 7) is 3.92. The van der Waals surface area contributed by atoms with E-state index in [2.05, 4.69) is 16.0 Å². The van der Waals surface area contributed by atoms with Crippen molar-refractivity contribution in [3.8, 4) is 0 Å². The molecule has 39 heavy (non-hydrogen) atoms. The van der Waals surface area contributed by atoms with Crippen molar-refractivity contribution < 1.29 is 34.5 Å². The Morgan fingerprint density at radius 2 is 1.87 bits per heavy atom. The smallest absolute Gasteiger partial charge is 0.329 e. The quantitative estimate of drug-likeness (QED) is 0.0532. The molecule has 5 atom stereocenters. The second kappa shape index (κ2) is 14.6. The van der Waals surface area contributed by atoms with Crippen LogP contribution >= 0.6 is 11.3 Å². The molecule has 15 heteroatoms. The number of aliphatic hydroxyl groups excluding tert-OH is 2. The van der Waals surface area contributed by atoms with Crippen molar-refractivity contribution >= 4 is 41.0 Å². The fourth-order valence-corrected chi connectivity index (χ4v) is 4.69. The molecular weight excluding hydrogens is 530 g/mol. The lowest BCUT2D eigenvalue weighted by Crippen LogP contribution is -2.54. The molecule has 0 bridgehead atoms. The zero-order valence-corrected chi connectivity index (χ0v) is 22.7. The molecule has 2 heterocycles. The molecule has 2 rings (SSSR count). The van der Waals surface area contributed by atoms with Crippen molar-refractivity contribution in [3.63, 3.8) is 0 Å². The van der Waals surface area contributed by atoms with E-state index < -0.39 is 54.0 Å². The van der Waals surface area contributed by atoms with E-state index in [9.17, 15) is 34.5 Å². The van der Waals surface area contributed by atoms with E-state index in [1.54, 1.807) is 23.1 Å². The lowest BCUT2D eigenvalue weighted by molar-refractivity contribution is -0.145. The van der Waals surface area contributed by atoms with Crippen LogP contribution in [-0.4, -0.2) is 93.7 Å². The molecule has 216 valence electrons. The van der Waals surface area contributed by atoms with Crippen LogP contribution in [0.25, 0.3) is 0 Å². The summed E-state index contributed by atoms with van der Waals surface area (Å²) in [5, 5.41) is 44.5. The highest BCUT2D eigenvalue weighted by molar-refractivity contribution is 7.12. The molecule has 0 aromatic carbocycles. The van der Waals surface area contributed by atoms with Crippen LogP contribution in [0.2, 0.25) is 0 Å². The van der Waals surface area contributed by atoms with Gasteiger partial charge in [-0.25, -0.2) is 4.79 Å². The van der Waals surface area contributed by atoms with E-state index in [-0.39, 0.29) is 31.8 Å². The van der Waals surface area contributed by atoms with E-state index >= 15 is 0 Å². The van der Waals surface area contributed by atoms with Crippen LogP contribution in [0, 0.1) is 12.3 Å². The Morgan fingerprint density at radius 3 is 2.41 bits per heavy atom. The predicted octanol–water partition coefficient (Wildman–Crippen LogP) is -1.73. The maximum atomic E-state index is 12.9. The first-order valence-corrected chi connectivity index (χ1v) is 13.2. The maximum Gasteiger partial charge on any atom is 0.329 e. The molecule has 0 saturated heterocycles. The van der Waals surface area contributed by atoms with Crippen LogP contribution in [0.15, 0.2) is 23.8 Å². The van der Waals surface area contributed by atoms with E-state index in [1.165, 1.54) is 18.3 Å². The van der Waals surface area contributed by atoms with Crippen molar-refractivity contribution in [2.24, 2.45) is 11.5 Å². The number of hydrogen-bond acceptors (Lipinski definition) is 9. The summed E-state index contributed by atoms with van der Waals surface area (Å²) in [6.07, 6.45) is -0.587. The number of aliphatic hydroxyl groups is 2. The molecule has 0 spiro atoms. The highest BCUT2D eigenvalue weighted by atomic mass is 32.1. The molecule has 5 unspecified atom stereocenters. The Labute approximate surface area is 229 Å². The molecule has 1 aromatic heterocycles. The summed E-state index contributed by atoms with van der Waals surface area (Å²) in [6, 6.07) is -0.466. The van der Waals surface area contributed by atoms with Gasteiger partial charge in [-0.2, -0.15) is 0 Å². The summed E-state index contributed by atoms with van der Waals surface area (Å²) < 4.78 is 0. The first-order valence-electron chi connectivity index (χ1n) is 12.3. The van der Waals surface area contributed by atoms with Gasteiger partial charge in [0.25, 0.3) is 0 Å². The van der Waals surface area contributed by atoms with Gasteiger partial charge < -0.3 is 47.6 Å². The molecule has 0 radical (unpaired) electrons. The predicted molar refractivity (Wildman–Crippen MR) is 144 cm³/mol. The van der Waals surface area contributed by atoms with Crippen molar-refractivity contribution in [1.82, 2.24) is 20.9 Å². The minimum Gasteiger partial charge on any atom is -0.480 e. The Hall–Kier alpha value is -3.53. The number of thiophene rings is 1. The molecule has 0 aliphatic carbocycles. The van der Waals surface area contributed by atoms with Crippen molar-refractivity contribution in [3.05, 3.63) is 33.5 Å². The van der Waals surface area contributed by atoms with Gasteiger partial charge in [-0.05, 0) is 38.8 Å². The van der Waals surface area contributed by atoms with Gasteiger partial charge in [-0.15, -0.1) is 11.3 Å². The number of aryl methyl sites for hydroxylation is 1. The van der Waals surface area contributed by atoms with Gasteiger partial charge >= 0.3 is 5.97 Å². The Bertz CT molecular complexity index is 1090. The van der Waals surface area contributed by atoms with E-state index in [0.29, 0.717) is 18.0 Å². The highest BCUT2D eigenvalue weighted by Gasteiger charge is 2.31. The van der Waals surface area contributed by atoms with Crippen LogP contribution in [-0.2, 0) is 19.2 Å². The number of rotatable bonds is 14. The van der Waals surface area contributed by atoms with Gasteiger partial charge in [0.2, 0.25) is 17.7 Å². The first-order chi connectivity index (χ1) is 18.3. The lowest BCUT2D eigenvalue weighted by Gasteiger charge is -2.23. The summed E-state index contributed by atoms with van der Waals surface area (Å²) in [4.78, 5) is 52.1. The summed E-state index contributed by atoms with van der Waals surface area (Å²) in [7, 11) is 0. The van der Waals surface area contributed by atoms with Crippen LogP contribution in [0.4, 0.5) is 0 Å². The second-order valence-electron chi connectivity index (χ2n) is 9.33. The fraction of sp³-hybridized carbons (Fsp3) is 0.542. The zero-order valence-electron chi connectivity index (χ0n) is 21.8. The number of carboxylic acids is 1. The van der Waals surface area contributed by atoms with Crippen LogP contribution in [0.5, 0.6) is 0 Å². The average Bonchev–Trinajstić information content (AvgIpc) is 3.52. The van der Waals surface area contributed by atoms with Crippen LogP contribution < -0.4 is 27.4 Å². The summed E-state index contributed by atoms with van der Waals surface area (Å²) >= 11 is 1.23. The zero-order chi connectivity index (χ0) is 29.3. The molecule has 0 fully saturated rings. The minimum atomic E-state index is -1.53. The molecule has 0 saturated carbocycles. The molecular formula is C24H37N7O7S. The minimum absolute atomic E-state index is 0.0457. The van der Waals surface area contributed by atoms with Crippen molar-refractivity contribution in [1.29, 1.82) is 5.41 Å². The first kappa shape index (κ1) is 31.7. The number of nitrogens with two attached hydrogens (primary N) is 2. The Balaban J connectivity index is 1.91. The number of carbonyl (C=O) groups excluding carboxylic acids is 3. The monoisotopic (exact) mass is 567 g/mol. The molecule has 1 aromatic rings. The third kappa shape index (κ3) is 9.62. The fourth-order valence-electron chi connectivity index (χ4n) is 3.79. The van der Waals surface area contributed by atoms with Gasteiger partial charge in [0.05, 0.1) is 6.10 Å². The highest BCUT2D eigenvalue weighted by Crippen LogP contribution is 2.25. The van der Waals surface area contributed by atoms with Crippen LogP contribution in [0.3, 0.4) is 0 Å². The third-order valence-corrected chi connectivity index (χ3v) is 7.16. The van der Waals surface area contributed by atoms with E-state index in [1.807, 2.05) is 6.92 Å². The number of aliphatic carboxylic acids is 1. The third-order valence-electron chi connectivity index (χ3n) is 6.09. The van der Waals surface area contributed by atoms with Crippen molar-refractivity contribution in [2.75, 3.05) is 19.6 Å². The Kier molecular flexibility index (Phi) is 11.8. The van der Waals surface area contributed by atoms with Gasteiger partial charge in [0, 0.05) is 35.8 Å². The largest absolute Gasteiger partial charge is 0.480 e. The summed E-state index contributed by atoms with van der Waals surface area (Å²) in [5.41, 5.74) is 12.0. The molecule has 14 nitrogen and oxygen atoms in total. The average molecular weight is 568 g/mol. The maximum absolute atomic E-state index is 12.9. The molecule has 3 amide bonds. The van der Waals surface area contributed by atoms with Gasteiger partial charge in [-0.3, -0.25) is 19.8 Å². The van der Waals surface area contributed by atoms with Gasteiger partial charge in [0.1, 0.15) is 18.2 Å². The van der Waals surface area contributed by atoms with Gasteiger partial charge in [-0.1, -0.05) is 11.6 Å². The summed E-state index contributed by atoms with van der Waals surface area (Å²) in [5.74, 6) is -3.38. The standard InChI is InChI=1S/C24H37N7O7S/c1-12-5-6-16(39-12)20(34)19(23(37)38)30-17(33)4-3-8-28-21(35)15(29-22(36)18(25)13(2)32)10-14-7-9-31(11-14)24(26)27/h5-7,13,15,18-20,32,34H,3-4,8-11,25H2,1-2H3,(H3,26,27)(H,28,35)(H,29,36)(H,30,33)(H,37,38). The number of guanidine groups is 1. The number of amides is 3. The lowest BCUT2D eigenvalue weighted by atomic mass is 10.0. The topological polar surface area (TPSA) is 244 Å². The molecule has 11 N–H and O–H groups in total. The second-order valence-corrected chi connectivity index (χ2v) is 10.7. The number of hydrogen-bond donors (Lipinski definition) is 9.